The molecule has 0 radical (unpaired) electrons. The van der Waals surface area contributed by atoms with E-state index in [1.807, 2.05) is 0 Å². The topological polar surface area (TPSA) is 80.3 Å². The van der Waals surface area contributed by atoms with E-state index >= 15 is 0 Å². The highest BCUT2D eigenvalue weighted by Crippen LogP contribution is 2.54. The van der Waals surface area contributed by atoms with Crippen molar-refractivity contribution in [1.29, 1.82) is 0 Å². The van der Waals surface area contributed by atoms with Crippen LogP contribution in [0.25, 0.3) is 0 Å². The fraction of sp³-hybridized carbons (Fsp3) is 0.933. The van der Waals surface area contributed by atoms with Crippen molar-refractivity contribution < 1.29 is 32.6 Å². The Morgan fingerprint density at radius 1 is 1.17 bits per heavy atom. The third-order valence-corrected chi connectivity index (χ3v) is 5.86. The molecule has 2 atom stereocenters. The molecule has 1 saturated heterocycles. The van der Waals surface area contributed by atoms with Crippen molar-refractivity contribution in [2.24, 2.45) is 0 Å². The Balaban J connectivity index is 2.66. The molecular weight excluding hydrogens is 323 g/mol. The minimum Gasteiger partial charge on any atom is -0.465 e. The van der Waals surface area contributed by atoms with Crippen LogP contribution < -0.4 is 0 Å². The first-order valence-electron chi connectivity index (χ1n) is 8.36. The van der Waals surface area contributed by atoms with Crippen molar-refractivity contribution in [3.63, 3.8) is 0 Å². The molecule has 1 heterocycles. The maximum atomic E-state index is 12.9. The van der Waals surface area contributed by atoms with Crippen molar-refractivity contribution in [2.75, 3.05) is 33.0 Å². The maximum Gasteiger partial charge on any atom is 0.344 e. The summed E-state index contributed by atoms with van der Waals surface area (Å²) in [6.45, 7) is 6.63. The molecule has 0 aromatic rings. The summed E-state index contributed by atoms with van der Waals surface area (Å²) in [5.74, 6) is -0.578. The highest BCUT2D eigenvalue weighted by Gasteiger charge is 2.42. The van der Waals surface area contributed by atoms with Gasteiger partial charge < -0.3 is 23.3 Å². The van der Waals surface area contributed by atoms with Gasteiger partial charge in [-0.1, -0.05) is 0 Å². The Morgan fingerprint density at radius 2 is 1.87 bits per heavy atom. The Labute approximate surface area is 138 Å². The Bertz CT molecular complexity index is 372. The van der Waals surface area contributed by atoms with Crippen LogP contribution in [0.2, 0.25) is 0 Å². The molecule has 0 bridgehead atoms. The Hall–Kier alpha value is -0.460. The fourth-order valence-electron chi connectivity index (χ4n) is 2.37. The molecule has 0 aromatic carbocycles. The van der Waals surface area contributed by atoms with Crippen LogP contribution in [-0.2, 0) is 32.6 Å². The van der Waals surface area contributed by atoms with Gasteiger partial charge in [-0.15, -0.1) is 0 Å². The molecule has 1 aliphatic rings. The lowest BCUT2D eigenvalue weighted by Gasteiger charge is -2.26. The third-order valence-electron chi connectivity index (χ3n) is 3.39. The van der Waals surface area contributed by atoms with E-state index < -0.39 is 19.2 Å². The SMILES string of the molecule is CCOC(=O)C(CCOC1CCCCO1)P(=O)(OCC)OCC. The average Bonchev–Trinajstić information content (AvgIpc) is 2.53. The van der Waals surface area contributed by atoms with Crippen molar-refractivity contribution in [3.8, 4) is 0 Å². The first kappa shape index (κ1) is 20.6. The second-order valence-corrected chi connectivity index (χ2v) is 7.32. The van der Waals surface area contributed by atoms with E-state index in [4.69, 9.17) is 23.3 Å². The molecule has 8 heteroatoms. The Kier molecular flexibility index (Phi) is 9.99. The second-order valence-electron chi connectivity index (χ2n) is 5.10. The normalized spacial score (nSPS) is 20.2. The van der Waals surface area contributed by atoms with E-state index in [9.17, 15) is 9.36 Å². The summed E-state index contributed by atoms with van der Waals surface area (Å²) in [5, 5.41) is 0. The molecule has 23 heavy (non-hydrogen) atoms. The van der Waals surface area contributed by atoms with E-state index in [1.165, 1.54) is 0 Å². The van der Waals surface area contributed by atoms with E-state index in [1.54, 1.807) is 20.8 Å². The van der Waals surface area contributed by atoms with Crippen LogP contribution >= 0.6 is 7.60 Å². The van der Waals surface area contributed by atoms with Gasteiger partial charge in [0.1, 0.15) is 0 Å². The molecule has 0 saturated carbocycles. The maximum absolute atomic E-state index is 12.9. The smallest absolute Gasteiger partial charge is 0.344 e. The molecule has 0 amide bonds. The molecule has 136 valence electrons. The molecule has 1 aliphatic heterocycles. The average molecular weight is 352 g/mol. The van der Waals surface area contributed by atoms with Crippen molar-refractivity contribution >= 4 is 13.6 Å². The van der Waals surface area contributed by atoms with Crippen LogP contribution in [0, 0.1) is 0 Å². The van der Waals surface area contributed by atoms with Gasteiger partial charge in [0.15, 0.2) is 11.9 Å². The predicted molar refractivity (Wildman–Crippen MR) is 85.4 cm³/mol. The van der Waals surface area contributed by atoms with Crippen LogP contribution in [0.15, 0.2) is 0 Å². The Morgan fingerprint density at radius 3 is 2.39 bits per heavy atom. The van der Waals surface area contributed by atoms with E-state index in [-0.39, 0.29) is 39.1 Å². The van der Waals surface area contributed by atoms with Gasteiger partial charge in [-0.3, -0.25) is 9.36 Å². The number of hydrogen-bond donors (Lipinski definition) is 0. The number of carbonyl (C=O) groups excluding carboxylic acids is 1. The van der Waals surface area contributed by atoms with E-state index in [0.717, 1.165) is 19.3 Å². The standard InChI is InChI=1S/C15H29O7P/c1-4-18-15(16)13(23(17,21-5-2)22-6-3)10-12-20-14-9-7-8-11-19-14/h13-14H,4-12H2,1-3H3. The lowest BCUT2D eigenvalue weighted by atomic mass is 10.2. The summed E-state index contributed by atoms with van der Waals surface area (Å²) in [5.41, 5.74) is -0.981. The minimum absolute atomic E-state index is 0.194. The summed E-state index contributed by atoms with van der Waals surface area (Å²) in [7, 11) is -3.58. The molecule has 0 aliphatic carbocycles. The number of hydrogen-bond acceptors (Lipinski definition) is 7. The van der Waals surface area contributed by atoms with Crippen LogP contribution in [0.1, 0.15) is 46.5 Å². The monoisotopic (exact) mass is 352 g/mol. The van der Waals surface area contributed by atoms with Gasteiger partial charge in [0.05, 0.1) is 26.4 Å². The van der Waals surface area contributed by atoms with Gasteiger partial charge >= 0.3 is 13.6 Å². The zero-order chi connectivity index (χ0) is 17.1. The summed E-state index contributed by atoms with van der Waals surface area (Å²) in [4.78, 5) is 12.2. The molecule has 0 aromatic heterocycles. The zero-order valence-electron chi connectivity index (χ0n) is 14.3. The largest absolute Gasteiger partial charge is 0.465 e. The number of carbonyl (C=O) groups is 1. The third kappa shape index (κ3) is 6.89. The van der Waals surface area contributed by atoms with Crippen molar-refractivity contribution in [3.05, 3.63) is 0 Å². The van der Waals surface area contributed by atoms with E-state index in [0.29, 0.717) is 6.61 Å². The predicted octanol–water partition coefficient (Wildman–Crippen LogP) is 3.12. The summed E-state index contributed by atoms with van der Waals surface area (Å²) >= 11 is 0. The second kappa shape index (κ2) is 11.2. The van der Waals surface area contributed by atoms with Crippen LogP contribution in [0.5, 0.6) is 0 Å². The summed E-state index contributed by atoms with van der Waals surface area (Å²) in [6.07, 6.45) is 2.87. The number of ether oxygens (including phenoxy) is 3. The molecule has 2 unspecified atom stereocenters. The fourth-order valence-corrected chi connectivity index (χ4v) is 4.28. The van der Waals surface area contributed by atoms with Gasteiger partial charge in [0.2, 0.25) is 0 Å². The van der Waals surface area contributed by atoms with Gasteiger partial charge in [0, 0.05) is 6.61 Å². The van der Waals surface area contributed by atoms with Gasteiger partial charge in [-0.25, -0.2) is 0 Å². The van der Waals surface area contributed by atoms with E-state index in [2.05, 4.69) is 0 Å². The van der Waals surface area contributed by atoms with Gasteiger partial charge in [-0.2, -0.15) is 0 Å². The van der Waals surface area contributed by atoms with Gasteiger partial charge in [0.25, 0.3) is 0 Å². The molecule has 0 spiro atoms. The zero-order valence-corrected chi connectivity index (χ0v) is 15.2. The highest BCUT2D eigenvalue weighted by atomic mass is 31.2. The number of rotatable bonds is 11. The van der Waals surface area contributed by atoms with Crippen molar-refractivity contribution in [2.45, 2.75) is 58.4 Å². The minimum atomic E-state index is -3.58. The van der Waals surface area contributed by atoms with Crippen LogP contribution in [0.4, 0.5) is 0 Å². The van der Waals surface area contributed by atoms with Crippen LogP contribution in [-0.4, -0.2) is 51.0 Å². The van der Waals surface area contributed by atoms with Crippen LogP contribution in [0.3, 0.4) is 0 Å². The van der Waals surface area contributed by atoms with Crippen molar-refractivity contribution in [1.82, 2.24) is 0 Å². The molecule has 0 N–H and O–H groups in total. The summed E-state index contributed by atoms with van der Waals surface area (Å²) in [6, 6.07) is 0. The summed E-state index contributed by atoms with van der Waals surface area (Å²) < 4.78 is 39.6. The quantitative estimate of drug-likeness (QED) is 0.417. The van der Waals surface area contributed by atoms with Gasteiger partial charge in [-0.05, 0) is 46.5 Å². The molecular formula is C15H29O7P. The molecule has 7 nitrogen and oxygen atoms in total. The molecule has 1 fully saturated rings. The lowest BCUT2D eigenvalue weighted by molar-refractivity contribution is -0.164. The first-order valence-corrected chi connectivity index (χ1v) is 9.97. The highest BCUT2D eigenvalue weighted by molar-refractivity contribution is 7.55. The first-order chi connectivity index (χ1) is 11.1. The lowest BCUT2D eigenvalue weighted by Crippen LogP contribution is -2.29. The molecule has 1 rings (SSSR count). The number of esters is 1.